The van der Waals surface area contributed by atoms with E-state index in [0.29, 0.717) is 22.6 Å². The van der Waals surface area contributed by atoms with Crippen molar-refractivity contribution in [3.63, 3.8) is 0 Å². The summed E-state index contributed by atoms with van der Waals surface area (Å²) >= 11 is 0. The summed E-state index contributed by atoms with van der Waals surface area (Å²) in [5, 5.41) is 6.05. The van der Waals surface area contributed by atoms with Gasteiger partial charge in [-0.1, -0.05) is 42.5 Å². The van der Waals surface area contributed by atoms with E-state index >= 15 is 0 Å². The Morgan fingerprint density at radius 3 is 2.29 bits per heavy atom. The zero-order valence-electron chi connectivity index (χ0n) is 19.7. The van der Waals surface area contributed by atoms with Gasteiger partial charge in [0.15, 0.2) is 0 Å². The Hall–Kier alpha value is -3.80. The third kappa shape index (κ3) is 5.39. The van der Waals surface area contributed by atoms with Crippen LogP contribution < -0.4 is 20.3 Å². The monoisotopic (exact) mass is 457 g/mol. The molecule has 0 spiro atoms. The van der Waals surface area contributed by atoms with Gasteiger partial charge in [0.1, 0.15) is 5.75 Å². The van der Waals surface area contributed by atoms with Gasteiger partial charge in [0.25, 0.3) is 11.8 Å². The summed E-state index contributed by atoms with van der Waals surface area (Å²) < 4.78 is 5.32. The number of amides is 2. The van der Waals surface area contributed by atoms with Crippen molar-refractivity contribution in [2.45, 2.75) is 32.2 Å². The van der Waals surface area contributed by atoms with Gasteiger partial charge in [0.05, 0.1) is 24.3 Å². The minimum absolute atomic E-state index is 0.144. The number of hydrogen-bond acceptors (Lipinski definition) is 4. The van der Waals surface area contributed by atoms with Crippen molar-refractivity contribution >= 4 is 23.2 Å². The maximum atomic E-state index is 13.4. The summed E-state index contributed by atoms with van der Waals surface area (Å²) in [4.78, 5) is 28.6. The number of para-hydroxylation sites is 1. The van der Waals surface area contributed by atoms with Gasteiger partial charge < -0.3 is 20.3 Å². The number of benzene rings is 3. The van der Waals surface area contributed by atoms with Crippen molar-refractivity contribution in [1.82, 2.24) is 5.32 Å². The summed E-state index contributed by atoms with van der Waals surface area (Å²) in [5.74, 6) is 0.0529. The second-order valence-electron chi connectivity index (χ2n) is 8.54. The van der Waals surface area contributed by atoms with Gasteiger partial charge in [-0.2, -0.15) is 0 Å². The summed E-state index contributed by atoms with van der Waals surface area (Å²) in [6.45, 7) is 3.81. The van der Waals surface area contributed by atoms with Crippen LogP contribution in [-0.2, 0) is 0 Å². The van der Waals surface area contributed by atoms with Crippen molar-refractivity contribution in [1.29, 1.82) is 0 Å². The average Bonchev–Trinajstić information content (AvgIpc) is 2.89. The first-order chi connectivity index (χ1) is 16.6. The van der Waals surface area contributed by atoms with Crippen LogP contribution >= 0.6 is 0 Å². The van der Waals surface area contributed by atoms with E-state index in [2.05, 4.69) is 15.5 Å². The van der Waals surface area contributed by atoms with Gasteiger partial charge in [-0.15, -0.1) is 0 Å². The minimum Gasteiger partial charge on any atom is -0.496 e. The van der Waals surface area contributed by atoms with Crippen LogP contribution in [0.5, 0.6) is 5.75 Å². The van der Waals surface area contributed by atoms with Crippen LogP contribution in [0.3, 0.4) is 0 Å². The molecule has 0 aliphatic carbocycles. The van der Waals surface area contributed by atoms with Gasteiger partial charge >= 0.3 is 0 Å². The molecule has 0 saturated carbocycles. The van der Waals surface area contributed by atoms with Crippen LogP contribution in [0.25, 0.3) is 0 Å². The van der Waals surface area contributed by atoms with Crippen LogP contribution in [0.2, 0.25) is 0 Å². The standard InChI is InChI=1S/C28H31N3O3/c1-20(21-11-5-3-6-12-21)29-28(33)24-19-22(15-16-25(24)31-17-9-4-10-18-31)30-27(32)23-13-7-8-14-26(23)34-2/h3,5-8,11-16,19-20H,4,9-10,17-18H2,1-2H3,(H,29,33)(H,30,32). The lowest BCUT2D eigenvalue weighted by Crippen LogP contribution is -2.33. The zero-order chi connectivity index (χ0) is 23.9. The highest BCUT2D eigenvalue weighted by Gasteiger charge is 2.21. The number of anilines is 2. The van der Waals surface area contributed by atoms with Crippen molar-refractivity contribution in [2.75, 3.05) is 30.4 Å². The Bertz CT molecular complexity index is 1140. The Morgan fingerprint density at radius 2 is 1.56 bits per heavy atom. The number of methoxy groups -OCH3 is 1. The number of carbonyl (C=O) groups excluding carboxylic acids is 2. The Balaban J connectivity index is 1.61. The first kappa shape index (κ1) is 23.4. The zero-order valence-corrected chi connectivity index (χ0v) is 19.7. The molecule has 176 valence electrons. The molecule has 3 aromatic rings. The molecule has 1 unspecified atom stereocenters. The predicted molar refractivity (Wildman–Crippen MR) is 136 cm³/mol. The number of nitrogens with one attached hydrogen (secondary N) is 2. The molecule has 2 amide bonds. The molecule has 1 atom stereocenters. The molecule has 0 bridgehead atoms. The molecule has 1 heterocycles. The minimum atomic E-state index is -0.285. The third-order valence-electron chi connectivity index (χ3n) is 6.19. The number of hydrogen-bond donors (Lipinski definition) is 2. The largest absolute Gasteiger partial charge is 0.496 e. The maximum absolute atomic E-state index is 13.4. The van der Waals surface area contributed by atoms with Crippen LogP contribution in [0.15, 0.2) is 72.8 Å². The van der Waals surface area contributed by atoms with Crippen molar-refractivity contribution < 1.29 is 14.3 Å². The van der Waals surface area contributed by atoms with Crippen LogP contribution in [-0.4, -0.2) is 32.0 Å². The second kappa shape index (κ2) is 10.9. The van der Waals surface area contributed by atoms with Crippen molar-refractivity contribution in [2.24, 2.45) is 0 Å². The SMILES string of the molecule is COc1ccccc1C(=O)Nc1ccc(N2CCCCC2)c(C(=O)NC(C)c2ccccc2)c1. The number of piperidine rings is 1. The van der Waals surface area contributed by atoms with Crippen LogP contribution in [0.4, 0.5) is 11.4 Å². The molecule has 6 nitrogen and oxygen atoms in total. The van der Waals surface area contributed by atoms with Crippen LogP contribution in [0.1, 0.15) is 58.5 Å². The van der Waals surface area contributed by atoms with E-state index < -0.39 is 0 Å². The van der Waals surface area contributed by atoms with E-state index in [0.717, 1.165) is 37.2 Å². The first-order valence-corrected chi connectivity index (χ1v) is 11.8. The smallest absolute Gasteiger partial charge is 0.259 e. The molecule has 1 aliphatic heterocycles. The number of nitrogens with zero attached hydrogens (tertiary/aromatic N) is 1. The molecule has 6 heteroatoms. The number of carbonyl (C=O) groups is 2. The lowest BCUT2D eigenvalue weighted by atomic mass is 10.0. The van der Waals surface area contributed by atoms with Crippen molar-refractivity contribution in [3.8, 4) is 5.75 Å². The fourth-order valence-corrected chi connectivity index (χ4v) is 4.34. The summed E-state index contributed by atoms with van der Waals surface area (Å²) in [6, 6.07) is 22.4. The molecule has 3 aromatic carbocycles. The Labute approximate surface area is 200 Å². The van der Waals surface area contributed by atoms with Gasteiger partial charge in [-0.3, -0.25) is 9.59 Å². The van der Waals surface area contributed by atoms with Gasteiger partial charge in [-0.25, -0.2) is 0 Å². The predicted octanol–water partition coefficient (Wildman–Crippen LogP) is 5.43. The highest BCUT2D eigenvalue weighted by atomic mass is 16.5. The molecule has 34 heavy (non-hydrogen) atoms. The average molecular weight is 458 g/mol. The van der Waals surface area contributed by atoms with E-state index in [1.807, 2.05) is 55.5 Å². The van der Waals surface area contributed by atoms with Gasteiger partial charge in [-0.05, 0) is 62.1 Å². The molecule has 1 aliphatic rings. The molecular weight excluding hydrogens is 426 g/mol. The normalized spacial score (nSPS) is 14.2. The fourth-order valence-electron chi connectivity index (χ4n) is 4.34. The van der Waals surface area contributed by atoms with Crippen LogP contribution in [0, 0.1) is 0 Å². The Kier molecular flexibility index (Phi) is 7.48. The molecule has 0 aromatic heterocycles. The highest BCUT2D eigenvalue weighted by molar-refractivity contribution is 6.07. The maximum Gasteiger partial charge on any atom is 0.259 e. The van der Waals surface area contributed by atoms with E-state index in [4.69, 9.17) is 4.74 Å². The number of rotatable bonds is 7. The Morgan fingerprint density at radius 1 is 0.853 bits per heavy atom. The number of ether oxygens (including phenoxy) is 1. The first-order valence-electron chi connectivity index (χ1n) is 11.8. The summed E-state index contributed by atoms with van der Waals surface area (Å²) in [6.07, 6.45) is 3.41. The summed E-state index contributed by atoms with van der Waals surface area (Å²) in [7, 11) is 1.54. The lowest BCUT2D eigenvalue weighted by molar-refractivity contribution is 0.0939. The summed E-state index contributed by atoms with van der Waals surface area (Å²) in [5.41, 5.74) is 3.49. The molecule has 4 rings (SSSR count). The third-order valence-corrected chi connectivity index (χ3v) is 6.19. The molecule has 0 radical (unpaired) electrons. The lowest BCUT2D eigenvalue weighted by Gasteiger charge is -2.31. The van der Waals surface area contributed by atoms with E-state index in [9.17, 15) is 9.59 Å². The van der Waals surface area contributed by atoms with E-state index in [1.165, 1.54) is 13.5 Å². The van der Waals surface area contributed by atoms with Gasteiger partial charge in [0, 0.05) is 24.5 Å². The van der Waals surface area contributed by atoms with Crippen molar-refractivity contribution in [3.05, 3.63) is 89.5 Å². The van der Waals surface area contributed by atoms with E-state index in [1.54, 1.807) is 24.3 Å². The van der Waals surface area contributed by atoms with E-state index in [-0.39, 0.29) is 17.9 Å². The topological polar surface area (TPSA) is 70.7 Å². The quantitative estimate of drug-likeness (QED) is 0.496. The molecule has 1 saturated heterocycles. The van der Waals surface area contributed by atoms with Gasteiger partial charge in [0.2, 0.25) is 0 Å². The molecule has 2 N–H and O–H groups in total. The highest BCUT2D eigenvalue weighted by Crippen LogP contribution is 2.29. The second-order valence-corrected chi connectivity index (χ2v) is 8.54. The molecule has 1 fully saturated rings. The molecular formula is C28H31N3O3. The fraction of sp³-hybridized carbons (Fsp3) is 0.286.